The lowest BCUT2D eigenvalue weighted by molar-refractivity contribution is -0.133. The summed E-state index contributed by atoms with van der Waals surface area (Å²) >= 11 is 0. The van der Waals surface area contributed by atoms with Crippen molar-refractivity contribution < 1.29 is 13.9 Å². The number of anilines is 1. The number of carbonyl (C=O) groups is 1. The molecule has 6 nitrogen and oxygen atoms in total. The molecule has 0 aromatic heterocycles. The van der Waals surface area contributed by atoms with Crippen molar-refractivity contribution in [1.29, 1.82) is 0 Å². The number of amides is 1. The number of ether oxygens (including phenoxy) is 1. The summed E-state index contributed by atoms with van der Waals surface area (Å²) in [5, 5.41) is 0. The van der Waals surface area contributed by atoms with Gasteiger partial charge in [0.15, 0.2) is 0 Å². The van der Waals surface area contributed by atoms with Crippen LogP contribution in [0.3, 0.4) is 0 Å². The molecule has 1 aromatic carbocycles. The Kier molecular flexibility index (Phi) is 7.46. The molecule has 0 N–H and O–H groups in total. The third-order valence-electron chi connectivity index (χ3n) is 6.90. The van der Waals surface area contributed by atoms with Gasteiger partial charge in [-0.1, -0.05) is 0 Å². The molecular formula is C24H37FN4O2. The lowest BCUT2D eigenvalue weighted by atomic mass is 9.95. The molecule has 3 heterocycles. The summed E-state index contributed by atoms with van der Waals surface area (Å²) in [7, 11) is 0. The van der Waals surface area contributed by atoms with E-state index in [1.165, 1.54) is 25.0 Å². The van der Waals surface area contributed by atoms with Gasteiger partial charge in [-0.05, 0) is 70.0 Å². The van der Waals surface area contributed by atoms with Crippen molar-refractivity contribution in [3.63, 3.8) is 0 Å². The van der Waals surface area contributed by atoms with Gasteiger partial charge in [-0.3, -0.25) is 14.6 Å². The van der Waals surface area contributed by atoms with E-state index in [0.29, 0.717) is 18.8 Å². The van der Waals surface area contributed by atoms with Crippen LogP contribution in [0, 0.1) is 11.7 Å². The minimum atomic E-state index is -0.213. The number of morpholine rings is 1. The second-order valence-corrected chi connectivity index (χ2v) is 9.54. The highest BCUT2D eigenvalue weighted by Gasteiger charge is 2.28. The van der Waals surface area contributed by atoms with Crippen LogP contribution in [0.15, 0.2) is 24.3 Å². The fourth-order valence-corrected chi connectivity index (χ4v) is 5.28. The Morgan fingerprint density at radius 1 is 0.935 bits per heavy atom. The fraction of sp³-hybridized carbons (Fsp3) is 0.708. The predicted molar refractivity (Wildman–Crippen MR) is 121 cm³/mol. The number of nitrogens with zero attached hydrogens (tertiary/aromatic N) is 4. The summed E-state index contributed by atoms with van der Waals surface area (Å²) in [5.41, 5.74) is 1.03. The molecule has 0 radical (unpaired) electrons. The zero-order chi connectivity index (χ0) is 21.8. The molecule has 3 aliphatic heterocycles. The molecule has 172 valence electrons. The third kappa shape index (κ3) is 6.18. The van der Waals surface area contributed by atoms with Crippen molar-refractivity contribution in [3.05, 3.63) is 30.1 Å². The lowest BCUT2D eigenvalue weighted by Crippen LogP contribution is -2.52. The van der Waals surface area contributed by atoms with Crippen LogP contribution in [-0.4, -0.2) is 98.3 Å². The van der Waals surface area contributed by atoms with E-state index in [2.05, 4.69) is 28.5 Å². The molecule has 7 heteroatoms. The molecule has 0 spiro atoms. The number of likely N-dealkylation sites (tertiary alicyclic amines) is 1. The highest BCUT2D eigenvalue weighted by atomic mass is 19.1. The van der Waals surface area contributed by atoms with Crippen molar-refractivity contribution in [2.75, 3.05) is 70.3 Å². The van der Waals surface area contributed by atoms with Crippen LogP contribution in [-0.2, 0) is 9.53 Å². The van der Waals surface area contributed by atoms with Crippen molar-refractivity contribution in [2.45, 2.75) is 38.9 Å². The van der Waals surface area contributed by atoms with Crippen LogP contribution in [0.4, 0.5) is 10.1 Å². The van der Waals surface area contributed by atoms with Gasteiger partial charge in [-0.25, -0.2) is 4.39 Å². The molecule has 3 fully saturated rings. The molecule has 2 unspecified atom stereocenters. The highest BCUT2D eigenvalue weighted by Crippen LogP contribution is 2.21. The number of piperazine rings is 1. The van der Waals surface area contributed by atoms with E-state index in [1.54, 1.807) is 0 Å². The molecule has 2 atom stereocenters. The molecule has 31 heavy (non-hydrogen) atoms. The molecular weight excluding hydrogens is 395 g/mol. The number of rotatable bonds is 5. The highest BCUT2D eigenvalue weighted by molar-refractivity contribution is 5.78. The Balaban J connectivity index is 1.16. The molecule has 4 rings (SSSR count). The van der Waals surface area contributed by atoms with Gasteiger partial charge in [0, 0.05) is 51.5 Å². The summed E-state index contributed by atoms with van der Waals surface area (Å²) in [4.78, 5) is 21.9. The topological polar surface area (TPSA) is 39.3 Å². The van der Waals surface area contributed by atoms with Gasteiger partial charge in [-0.2, -0.15) is 0 Å². The standard InChI is InChI=1S/C24H37FN4O2/c1-19-15-27(16-20(2)31-19)17-21-7-9-26(10-8-21)18-24(30)29-13-11-28(12-14-29)23-5-3-22(25)4-6-23/h3-6,19-21H,7-18H2,1-2H3. The molecule has 1 aromatic rings. The Morgan fingerprint density at radius 3 is 2.16 bits per heavy atom. The Hall–Kier alpha value is -1.70. The summed E-state index contributed by atoms with van der Waals surface area (Å²) in [6.45, 7) is 13.2. The van der Waals surface area contributed by atoms with Crippen molar-refractivity contribution in [3.8, 4) is 0 Å². The average molecular weight is 433 g/mol. The fourth-order valence-electron chi connectivity index (χ4n) is 5.28. The Labute approximate surface area is 185 Å². The zero-order valence-electron chi connectivity index (χ0n) is 19.0. The van der Waals surface area contributed by atoms with Gasteiger partial charge in [0.2, 0.25) is 5.91 Å². The van der Waals surface area contributed by atoms with Crippen LogP contribution >= 0.6 is 0 Å². The number of halogens is 1. The lowest BCUT2D eigenvalue weighted by Gasteiger charge is -2.40. The largest absolute Gasteiger partial charge is 0.373 e. The predicted octanol–water partition coefficient (Wildman–Crippen LogP) is 2.30. The molecule has 3 saturated heterocycles. The van der Waals surface area contributed by atoms with E-state index in [-0.39, 0.29) is 11.7 Å². The van der Waals surface area contributed by atoms with Crippen LogP contribution < -0.4 is 4.90 Å². The maximum absolute atomic E-state index is 13.1. The number of hydrogen-bond acceptors (Lipinski definition) is 5. The Bertz CT molecular complexity index is 705. The van der Waals surface area contributed by atoms with Crippen LogP contribution in [0.25, 0.3) is 0 Å². The normalized spacial score (nSPS) is 26.9. The van der Waals surface area contributed by atoms with Gasteiger partial charge in [0.05, 0.1) is 18.8 Å². The van der Waals surface area contributed by atoms with E-state index >= 15 is 0 Å². The van der Waals surface area contributed by atoms with Gasteiger partial charge in [-0.15, -0.1) is 0 Å². The number of benzene rings is 1. The molecule has 0 bridgehead atoms. The second-order valence-electron chi connectivity index (χ2n) is 9.54. The average Bonchev–Trinajstić information content (AvgIpc) is 2.75. The van der Waals surface area contributed by atoms with Gasteiger partial charge < -0.3 is 14.5 Å². The van der Waals surface area contributed by atoms with E-state index in [0.717, 1.165) is 70.5 Å². The van der Waals surface area contributed by atoms with Gasteiger partial charge in [0.25, 0.3) is 0 Å². The minimum Gasteiger partial charge on any atom is -0.373 e. The quantitative estimate of drug-likeness (QED) is 0.714. The number of hydrogen-bond donors (Lipinski definition) is 0. The second kappa shape index (κ2) is 10.3. The molecule has 3 aliphatic rings. The number of piperidine rings is 1. The van der Waals surface area contributed by atoms with Crippen molar-refractivity contribution in [1.82, 2.24) is 14.7 Å². The molecule has 1 amide bonds. The third-order valence-corrected chi connectivity index (χ3v) is 6.90. The summed E-state index contributed by atoms with van der Waals surface area (Å²) in [6, 6.07) is 6.62. The van der Waals surface area contributed by atoms with Gasteiger partial charge in [0.1, 0.15) is 5.82 Å². The van der Waals surface area contributed by atoms with Crippen LogP contribution in [0.2, 0.25) is 0 Å². The summed E-state index contributed by atoms with van der Waals surface area (Å²) < 4.78 is 19.0. The van der Waals surface area contributed by atoms with Crippen molar-refractivity contribution >= 4 is 11.6 Å². The first-order valence-corrected chi connectivity index (χ1v) is 11.8. The van der Waals surface area contributed by atoms with E-state index in [1.807, 2.05) is 17.0 Å². The van der Waals surface area contributed by atoms with Crippen LogP contribution in [0.5, 0.6) is 0 Å². The van der Waals surface area contributed by atoms with Gasteiger partial charge >= 0.3 is 0 Å². The molecule has 0 saturated carbocycles. The van der Waals surface area contributed by atoms with Crippen molar-refractivity contribution in [2.24, 2.45) is 5.92 Å². The maximum atomic E-state index is 13.1. The van der Waals surface area contributed by atoms with E-state index < -0.39 is 0 Å². The summed E-state index contributed by atoms with van der Waals surface area (Å²) in [6.07, 6.45) is 2.99. The maximum Gasteiger partial charge on any atom is 0.236 e. The monoisotopic (exact) mass is 432 g/mol. The van der Waals surface area contributed by atoms with Crippen LogP contribution in [0.1, 0.15) is 26.7 Å². The summed E-state index contributed by atoms with van der Waals surface area (Å²) in [5.74, 6) is 0.756. The first-order valence-electron chi connectivity index (χ1n) is 11.8. The minimum absolute atomic E-state index is 0.213. The first-order chi connectivity index (χ1) is 15.0. The SMILES string of the molecule is CC1CN(CC2CCN(CC(=O)N3CCN(c4ccc(F)cc4)CC3)CC2)CC(C)O1. The van der Waals surface area contributed by atoms with E-state index in [9.17, 15) is 9.18 Å². The Morgan fingerprint density at radius 2 is 1.55 bits per heavy atom. The number of carbonyl (C=O) groups excluding carboxylic acids is 1. The zero-order valence-corrected chi connectivity index (χ0v) is 19.0. The smallest absolute Gasteiger partial charge is 0.236 e. The first kappa shape index (κ1) is 22.5. The molecule has 0 aliphatic carbocycles. The van der Waals surface area contributed by atoms with E-state index in [4.69, 9.17) is 4.74 Å².